The van der Waals surface area contributed by atoms with Crippen molar-refractivity contribution < 1.29 is 33.4 Å². The predicted octanol–water partition coefficient (Wildman–Crippen LogP) is -0.483. The van der Waals surface area contributed by atoms with Gasteiger partial charge in [0.15, 0.2) is 0 Å². The van der Waals surface area contributed by atoms with E-state index in [9.17, 15) is 9.59 Å². The van der Waals surface area contributed by atoms with Gasteiger partial charge in [-0.15, -0.1) is 9.79 Å². The molecule has 7 nitrogen and oxygen atoms in total. The van der Waals surface area contributed by atoms with E-state index in [0.29, 0.717) is 0 Å². The lowest BCUT2D eigenvalue weighted by Gasteiger charge is -1.89. The largest absolute Gasteiger partial charge is 0.692 e. The van der Waals surface area contributed by atoms with Gasteiger partial charge in [0.2, 0.25) is 0 Å². The molecule has 0 heterocycles. The van der Waals surface area contributed by atoms with Gasteiger partial charge in [0, 0.05) is 16.7 Å². The standard InChI is InChI=1S/C6H8O4.HO3P/c1-9-5(7)3-4-6(8)10-2;1-4(2)3/h3-4H,1-2H3;(H-,1,2,3)/p+1/b4-3-;. The summed E-state index contributed by atoms with van der Waals surface area (Å²) in [7, 11) is -0.418. The van der Waals surface area contributed by atoms with Gasteiger partial charge in [-0.1, -0.05) is 0 Å². The molecule has 0 aliphatic heterocycles. The number of carbonyl (C=O) groups is 2. The Bertz CT molecular complexity index is 212. The van der Waals surface area contributed by atoms with Crippen LogP contribution in [0.4, 0.5) is 0 Å². The molecule has 0 aromatic heterocycles. The average molecular weight is 225 g/mol. The molecule has 0 atom stereocenters. The summed E-state index contributed by atoms with van der Waals surface area (Å²) in [5.74, 6) is -1.16. The van der Waals surface area contributed by atoms with Crippen LogP contribution in [0.25, 0.3) is 0 Å². The summed E-state index contributed by atoms with van der Waals surface area (Å²) in [6.07, 6.45) is 1.98. The summed E-state index contributed by atoms with van der Waals surface area (Å²) in [6, 6.07) is 0. The molecule has 2 N–H and O–H groups in total. The third kappa shape index (κ3) is 17.0. The van der Waals surface area contributed by atoms with Crippen LogP contribution in [0.3, 0.4) is 0 Å². The van der Waals surface area contributed by atoms with Gasteiger partial charge in [0.1, 0.15) is 0 Å². The molecule has 0 spiro atoms. The molecule has 0 bridgehead atoms. The molecule has 0 amide bonds. The summed E-state index contributed by atoms with van der Waals surface area (Å²) >= 11 is 0. The van der Waals surface area contributed by atoms with Gasteiger partial charge >= 0.3 is 20.2 Å². The predicted molar refractivity (Wildman–Crippen MR) is 45.2 cm³/mol. The summed E-state index contributed by atoms with van der Waals surface area (Å²) in [4.78, 5) is 34.9. The van der Waals surface area contributed by atoms with Crippen LogP contribution in [-0.2, 0) is 23.6 Å². The first kappa shape index (κ1) is 15.2. The van der Waals surface area contributed by atoms with Crippen molar-refractivity contribution in [3.63, 3.8) is 0 Å². The number of hydrogen-bond donors (Lipinski definition) is 2. The fraction of sp³-hybridized carbons (Fsp3) is 0.333. The van der Waals surface area contributed by atoms with Crippen LogP contribution in [0.15, 0.2) is 12.2 Å². The molecule has 0 saturated carbocycles. The minimum Gasteiger partial charge on any atom is -0.466 e. The van der Waals surface area contributed by atoms with E-state index in [-0.39, 0.29) is 0 Å². The highest BCUT2D eigenvalue weighted by atomic mass is 31.1. The second-order valence-electron chi connectivity index (χ2n) is 1.63. The second-order valence-corrected chi connectivity index (χ2v) is 2.14. The van der Waals surface area contributed by atoms with E-state index in [1.54, 1.807) is 0 Å². The number of rotatable bonds is 2. The van der Waals surface area contributed by atoms with Crippen molar-refractivity contribution in [1.29, 1.82) is 0 Å². The van der Waals surface area contributed by atoms with E-state index < -0.39 is 20.2 Å². The van der Waals surface area contributed by atoms with E-state index in [4.69, 9.17) is 14.4 Å². The van der Waals surface area contributed by atoms with Crippen LogP contribution < -0.4 is 0 Å². The Balaban J connectivity index is 0. The fourth-order valence-corrected chi connectivity index (χ4v) is 0.272. The van der Waals surface area contributed by atoms with Crippen molar-refractivity contribution >= 4 is 20.2 Å². The molecule has 0 aliphatic carbocycles. The zero-order valence-electron chi connectivity index (χ0n) is 7.54. The molecule has 0 aromatic rings. The summed E-state index contributed by atoms with van der Waals surface area (Å²) in [5, 5.41) is 0. The van der Waals surface area contributed by atoms with Gasteiger partial charge in [0.25, 0.3) is 0 Å². The van der Waals surface area contributed by atoms with Crippen LogP contribution in [-0.4, -0.2) is 35.9 Å². The second kappa shape index (κ2) is 9.79. The first-order valence-corrected chi connectivity index (χ1v) is 4.29. The number of ether oxygens (including phenoxy) is 2. The fourth-order valence-electron chi connectivity index (χ4n) is 0.272. The van der Waals surface area contributed by atoms with Gasteiger partial charge in [0.05, 0.1) is 14.2 Å². The van der Waals surface area contributed by atoms with Crippen molar-refractivity contribution in [3.05, 3.63) is 12.2 Å². The highest BCUT2D eigenvalue weighted by Gasteiger charge is 1.94. The third-order valence-electron chi connectivity index (χ3n) is 0.758. The Kier molecular flexibility index (Phi) is 10.6. The van der Waals surface area contributed by atoms with E-state index in [0.717, 1.165) is 12.2 Å². The zero-order valence-corrected chi connectivity index (χ0v) is 8.43. The first-order chi connectivity index (χ1) is 6.43. The lowest BCUT2D eigenvalue weighted by atomic mass is 10.5. The topological polar surface area (TPSA) is 110 Å². The van der Waals surface area contributed by atoms with Crippen molar-refractivity contribution in [2.45, 2.75) is 0 Å². The number of methoxy groups -OCH3 is 2. The Morgan fingerprint density at radius 1 is 1.07 bits per heavy atom. The van der Waals surface area contributed by atoms with Crippen LogP contribution >= 0.6 is 8.25 Å². The molecule has 0 unspecified atom stereocenters. The Morgan fingerprint density at radius 3 is 1.43 bits per heavy atom. The Hall–Kier alpha value is -1.30. The van der Waals surface area contributed by atoms with Crippen molar-refractivity contribution in [2.24, 2.45) is 0 Å². The number of carbonyl (C=O) groups excluding carboxylic acids is 2. The molecule has 0 saturated heterocycles. The monoisotopic (exact) mass is 225 g/mol. The minimum absolute atomic E-state index is 0.578. The molecule has 0 rings (SSSR count). The summed E-state index contributed by atoms with van der Waals surface area (Å²) in [5.41, 5.74) is 0. The zero-order chi connectivity index (χ0) is 11.6. The summed E-state index contributed by atoms with van der Waals surface area (Å²) in [6.45, 7) is 0. The maximum atomic E-state index is 10.3. The van der Waals surface area contributed by atoms with Crippen molar-refractivity contribution in [3.8, 4) is 0 Å². The van der Waals surface area contributed by atoms with Crippen molar-refractivity contribution in [2.75, 3.05) is 14.2 Å². The molecule has 14 heavy (non-hydrogen) atoms. The molecule has 80 valence electrons. The molecule has 8 heteroatoms. The smallest absolute Gasteiger partial charge is 0.466 e. The van der Waals surface area contributed by atoms with Crippen LogP contribution in [0.1, 0.15) is 0 Å². The molecule has 0 radical (unpaired) electrons. The maximum Gasteiger partial charge on any atom is 0.692 e. The lowest BCUT2D eigenvalue weighted by Crippen LogP contribution is -1.98. The summed E-state index contributed by atoms with van der Waals surface area (Å²) < 4.78 is 17.1. The van der Waals surface area contributed by atoms with Gasteiger partial charge in [-0.2, -0.15) is 0 Å². The number of esters is 2. The SMILES string of the molecule is COC(=O)/C=C\C(=O)OC.O=[P+](O)O. The highest BCUT2D eigenvalue weighted by molar-refractivity contribution is 7.30. The molecular formula is C6H10O7P+. The Morgan fingerprint density at radius 2 is 1.29 bits per heavy atom. The third-order valence-corrected chi connectivity index (χ3v) is 0.758. The normalized spacial score (nSPS) is 8.57. The first-order valence-electron chi connectivity index (χ1n) is 3.13. The number of hydrogen-bond acceptors (Lipinski definition) is 5. The average Bonchev–Trinajstić information content (AvgIpc) is 2.12. The minimum atomic E-state index is -2.87. The van der Waals surface area contributed by atoms with Gasteiger partial charge in [-0.05, 0) is 0 Å². The van der Waals surface area contributed by atoms with E-state index in [1.807, 2.05) is 0 Å². The molecule has 0 aromatic carbocycles. The highest BCUT2D eigenvalue weighted by Crippen LogP contribution is 1.98. The van der Waals surface area contributed by atoms with Crippen molar-refractivity contribution in [1.82, 2.24) is 0 Å². The molecule has 0 aliphatic rings. The van der Waals surface area contributed by atoms with E-state index in [2.05, 4.69) is 9.47 Å². The van der Waals surface area contributed by atoms with Gasteiger partial charge in [-0.3, -0.25) is 0 Å². The Labute approximate surface area is 80.9 Å². The molecule has 0 fully saturated rings. The lowest BCUT2D eigenvalue weighted by molar-refractivity contribution is -0.137. The van der Waals surface area contributed by atoms with Crippen LogP contribution in [0, 0.1) is 0 Å². The maximum absolute atomic E-state index is 10.3. The van der Waals surface area contributed by atoms with Crippen LogP contribution in [0.5, 0.6) is 0 Å². The van der Waals surface area contributed by atoms with Crippen LogP contribution in [0.2, 0.25) is 0 Å². The quantitative estimate of drug-likeness (QED) is 0.371. The molecular weight excluding hydrogens is 215 g/mol. The van der Waals surface area contributed by atoms with Gasteiger partial charge in [-0.25, -0.2) is 9.59 Å². The van der Waals surface area contributed by atoms with E-state index >= 15 is 0 Å². The van der Waals surface area contributed by atoms with Gasteiger partial charge < -0.3 is 9.47 Å². The van der Waals surface area contributed by atoms with E-state index in [1.165, 1.54) is 14.2 Å².